The number of esters is 1. The molecule has 1 unspecified atom stereocenters. The number of anilines is 5. The molecule has 0 fully saturated rings. The molecule has 1 atom stereocenters. The van der Waals surface area contributed by atoms with Crippen LogP contribution in [0.25, 0.3) is 10.8 Å². The second kappa shape index (κ2) is 17.1. The van der Waals surface area contributed by atoms with Crippen molar-refractivity contribution in [3.8, 4) is 0 Å². The van der Waals surface area contributed by atoms with Crippen molar-refractivity contribution in [2.24, 2.45) is 0 Å². The highest BCUT2D eigenvalue weighted by Crippen LogP contribution is 2.41. The zero-order valence-electron chi connectivity index (χ0n) is 34.3. The van der Waals surface area contributed by atoms with Gasteiger partial charge in [-0.2, -0.15) is 0 Å². The molecule has 0 radical (unpaired) electrons. The molecule has 0 aliphatic rings. The Bertz CT molecular complexity index is 2230. The number of hydrogen-bond acceptors (Lipinski definition) is 5. The quantitative estimate of drug-likeness (QED) is 0.0549. The van der Waals surface area contributed by atoms with Crippen LogP contribution in [-0.4, -0.2) is 38.6 Å². The Labute approximate surface area is 338 Å². The molecule has 0 amide bonds. The van der Waals surface area contributed by atoms with Crippen LogP contribution >= 0.6 is 11.6 Å². The van der Waals surface area contributed by atoms with Crippen LogP contribution < -0.4 is 15.1 Å². The van der Waals surface area contributed by atoms with Crippen molar-refractivity contribution < 1.29 is 9.53 Å². The molecule has 6 aromatic rings. The van der Waals surface area contributed by atoms with Crippen LogP contribution in [0.2, 0.25) is 0 Å². The van der Waals surface area contributed by atoms with E-state index in [1.807, 2.05) is 0 Å². The average Bonchev–Trinajstić information content (AvgIpc) is 3.16. The van der Waals surface area contributed by atoms with E-state index < -0.39 is 11.3 Å². The first kappa shape index (κ1) is 40.2. The molecule has 6 heteroatoms. The lowest BCUT2D eigenvalue weighted by Crippen LogP contribution is -2.22. The molecule has 0 aliphatic heterocycles. The molecule has 1 N–H and O–H groups in total. The van der Waals surface area contributed by atoms with Crippen LogP contribution in [-0.2, 0) is 9.53 Å². The van der Waals surface area contributed by atoms with Gasteiger partial charge >= 0.3 is 5.97 Å². The molecule has 0 spiro atoms. The van der Waals surface area contributed by atoms with Gasteiger partial charge < -0.3 is 19.9 Å². The molecular formula is C50H54ClN3O2. The fourth-order valence-electron chi connectivity index (χ4n) is 8.29. The number of fused-ring (bicyclic) bond motifs is 1. The zero-order chi connectivity index (χ0) is 40.3. The van der Waals surface area contributed by atoms with Gasteiger partial charge in [0.1, 0.15) is 6.61 Å². The second-order valence-electron chi connectivity index (χ2n) is 15.3. The average molecular weight is 764 g/mol. The zero-order valence-corrected chi connectivity index (χ0v) is 35.0. The van der Waals surface area contributed by atoms with Crippen molar-refractivity contribution in [2.75, 3.05) is 42.4 Å². The van der Waals surface area contributed by atoms with E-state index in [1.165, 1.54) is 61.4 Å². The van der Waals surface area contributed by atoms with Crippen molar-refractivity contribution in [1.29, 1.82) is 0 Å². The molecule has 0 aliphatic carbocycles. The minimum absolute atomic E-state index is 0.0410. The number of ether oxygens (including phenoxy) is 1. The van der Waals surface area contributed by atoms with E-state index in [-0.39, 0.29) is 12.5 Å². The third kappa shape index (κ3) is 8.64. The lowest BCUT2D eigenvalue weighted by molar-refractivity contribution is -0.138. The van der Waals surface area contributed by atoms with E-state index in [9.17, 15) is 4.79 Å². The second-order valence-corrected chi connectivity index (χ2v) is 16.0. The topological polar surface area (TPSA) is 44.8 Å². The number of rotatable bonds is 13. The predicted octanol–water partition coefficient (Wildman–Crippen LogP) is 12.5. The van der Waals surface area contributed by atoms with Crippen LogP contribution in [0.4, 0.5) is 28.4 Å². The largest absolute Gasteiger partial charge is 0.461 e. The number of benzene rings is 6. The summed E-state index contributed by atoms with van der Waals surface area (Å²) in [5.41, 5.74) is 17.3. The molecule has 6 rings (SSSR count). The molecule has 0 bridgehead atoms. The van der Waals surface area contributed by atoms with Crippen molar-refractivity contribution in [3.63, 3.8) is 0 Å². The minimum Gasteiger partial charge on any atom is -0.461 e. The van der Waals surface area contributed by atoms with E-state index in [0.717, 1.165) is 27.8 Å². The van der Waals surface area contributed by atoms with Gasteiger partial charge in [0.2, 0.25) is 0 Å². The highest BCUT2D eigenvalue weighted by molar-refractivity contribution is 6.21. The Kier molecular flexibility index (Phi) is 12.3. The molecule has 6 aromatic carbocycles. The van der Waals surface area contributed by atoms with Gasteiger partial charge in [-0.3, -0.25) is 0 Å². The summed E-state index contributed by atoms with van der Waals surface area (Å²) in [6, 6.07) is 40.0. The van der Waals surface area contributed by atoms with Crippen LogP contribution in [0.3, 0.4) is 0 Å². The summed E-state index contributed by atoms with van der Waals surface area (Å²) in [7, 11) is 4.30. The third-order valence-corrected chi connectivity index (χ3v) is 11.0. The number of carbonyl (C=O) groups is 1. The summed E-state index contributed by atoms with van der Waals surface area (Å²) in [5, 5.41) is 5.37. The summed E-state index contributed by atoms with van der Waals surface area (Å²) in [5.74, 6) is -0.475. The number of carbonyl (C=O) groups excluding carboxylic acids is 1. The maximum absolute atomic E-state index is 11.9. The molecule has 5 nitrogen and oxygen atoms in total. The summed E-state index contributed by atoms with van der Waals surface area (Å²) in [4.78, 5) is 16.5. The highest BCUT2D eigenvalue weighted by atomic mass is 35.5. The van der Waals surface area contributed by atoms with E-state index in [1.54, 1.807) is 6.92 Å². The molecule has 288 valence electrons. The fraction of sp³-hybridized carbons (Fsp3) is 0.260. The number of nitrogens with one attached hydrogen (secondary N) is 1. The third-order valence-electron chi connectivity index (χ3n) is 10.7. The van der Waals surface area contributed by atoms with Gasteiger partial charge in [0.15, 0.2) is 0 Å². The first-order chi connectivity index (χ1) is 26.7. The molecule has 56 heavy (non-hydrogen) atoms. The number of nitrogens with zero attached hydrogens (tertiary/aromatic N) is 2. The van der Waals surface area contributed by atoms with E-state index in [0.29, 0.717) is 12.1 Å². The lowest BCUT2D eigenvalue weighted by atomic mass is 9.82. The minimum atomic E-state index is -0.434. The van der Waals surface area contributed by atoms with E-state index in [2.05, 4.69) is 187 Å². The maximum Gasteiger partial charge on any atom is 0.333 e. The van der Waals surface area contributed by atoms with Crippen LogP contribution in [0.15, 0.2) is 121 Å². The first-order valence-electron chi connectivity index (χ1n) is 19.3. The van der Waals surface area contributed by atoms with Gasteiger partial charge in [-0.05, 0) is 123 Å². The van der Waals surface area contributed by atoms with E-state index in [4.69, 9.17) is 16.3 Å². The summed E-state index contributed by atoms with van der Waals surface area (Å²) >= 11 is 6.59. The fourth-order valence-corrected chi connectivity index (χ4v) is 8.43. The molecule has 0 aromatic heterocycles. The van der Waals surface area contributed by atoms with Gasteiger partial charge in [0.05, 0.1) is 5.38 Å². The van der Waals surface area contributed by atoms with Gasteiger partial charge in [0, 0.05) is 66.0 Å². The number of aryl methyl sites for hydroxylation is 6. The van der Waals surface area contributed by atoms with Crippen molar-refractivity contribution >= 4 is 56.8 Å². The van der Waals surface area contributed by atoms with Gasteiger partial charge in [-0.15, -0.1) is 11.6 Å². The van der Waals surface area contributed by atoms with Crippen LogP contribution in [0.1, 0.15) is 62.9 Å². The Morgan fingerprint density at radius 2 is 1.12 bits per heavy atom. The monoisotopic (exact) mass is 763 g/mol. The van der Waals surface area contributed by atoms with Gasteiger partial charge in [0.25, 0.3) is 0 Å². The lowest BCUT2D eigenvalue weighted by Gasteiger charge is -2.27. The standard InChI is InChI=1S/C50H54ClN3O2/c1-31(2)50(55)56-30-40(51)29-52-46-24-23-45(43-13-11-12-14-44(43)46)47(38-15-19-41(20-16-38)53(9)48-34(5)25-32(3)26-35(48)6)39-17-21-42(22-18-39)54(10)49-36(7)27-33(4)28-37(49)8/h11-28,40,47,52H,1,29-30H2,2-10H3. The Morgan fingerprint density at radius 3 is 1.57 bits per heavy atom. The molecule has 0 saturated carbocycles. The number of halogens is 1. The maximum atomic E-state index is 11.9. The van der Waals surface area contributed by atoms with Gasteiger partial charge in [-0.25, -0.2) is 4.79 Å². The van der Waals surface area contributed by atoms with Crippen LogP contribution in [0.5, 0.6) is 0 Å². The van der Waals surface area contributed by atoms with E-state index >= 15 is 0 Å². The molecular weight excluding hydrogens is 710 g/mol. The highest BCUT2D eigenvalue weighted by Gasteiger charge is 2.22. The van der Waals surface area contributed by atoms with Gasteiger partial charge in [-0.1, -0.05) is 96.6 Å². The molecule has 0 heterocycles. The molecule has 0 saturated heterocycles. The SMILES string of the molecule is C=C(C)C(=O)OCC(Cl)CNc1ccc(C(c2ccc(N(C)c3c(C)cc(C)cc3C)cc2)c2ccc(N(C)c3c(C)cc(C)cc3C)cc2)c2ccccc12. The summed E-state index contributed by atoms with van der Waals surface area (Å²) in [6.07, 6.45) is 0. The van der Waals surface area contributed by atoms with Crippen molar-refractivity contribution in [2.45, 2.75) is 59.8 Å². The smallest absolute Gasteiger partial charge is 0.333 e. The normalized spacial score (nSPS) is 11.8. The summed E-state index contributed by atoms with van der Waals surface area (Å²) in [6.45, 7) is 18.9. The Balaban J connectivity index is 1.39. The number of hydrogen-bond donors (Lipinski definition) is 1. The first-order valence-corrected chi connectivity index (χ1v) is 19.7. The summed E-state index contributed by atoms with van der Waals surface area (Å²) < 4.78 is 5.30. The Hall–Kier alpha value is -5.52. The van der Waals surface area contributed by atoms with Crippen LogP contribution in [0, 0.1) is 41.5 Å². The van der Waals surface area contributed by atoms with Crippen molar-refractivity contribution in [3.05, 3.63) is 171 Å². The Morgan fingerprint density at radius 1 is 0.679 bits per heavy atom. The van der Waals surface area contributed by atoms with Crippen molar-refractivity contribution in [1.82, 2.24) is 0 Å². The number of alkyl halides is 1. The predicted molar refractivity (Wildman–Crippen MR) is 239 cm³/mol.